The van der Waals surface area contributed by atoms with Crippen molar-refractivity contribution in [2.24, 2.45) is 0 Å². The normalized spacial score (nSPS) is 12.5. The van der Waals surface area contributed by atoms with Gasteiger partial charge in [-0.3, -0.25) is 0 Å². The molecule has 0 aromatic heterocycles. The Balaban J connectivity index is 2.43. The summed E-state index contributed by atoms with van der Waals surface area (Å²) in [6, 6.07) is 7.46. The SMILES string of the molecule is CCOCCOc1cccc([C@@H](C)O)c1. The molecule has 1 aromatic carbocycles. The number of hydrogen-bond acceptors (Lipinski definition) is 3. The lowest BCUT2D eigenvalue weighted by atomic mass is 10.1. The third-order valence-corrected chi connectivity index (χ3v) is 2.04. The molecule has 15 heavy (non-hydrogen) atoms. The monoisotopic (exact) mass is 210 g/mol. The Kier molecular flexibility index (Phi) is 5.15. The maximum atomic E-state index is 9.38. The average Bonchev–Trinajstić information content (AvgIpc) is 2.25. The van der Waals surface area contributed by atoms with E-state index in [4.69, 9.17) is 9.47 Å². The zero-order valence-corrected chi connectivity index (χ0v) is 9.27. The van der Waals surface area contributed by atoms with E-state index in [1.165, 1.54) is 0 Å². The average molecular weight is 210 g/mol. The van der Waals surface area contributed by atoms with Gasteiger partial charge in [0.15, 0.2) is 0 Å². The summed E-state index contributed by atoms with van der Waals surface area (Å²) in [6.07, 6.45) is -0.458. The van der Waals surface area contributed by atoms with E-state index in [1.807, 2.05) is 31.2 Å². The van der Waals surface area contributed by atoms with Crippen LogP contribution in [0.2, 0.25) is 0 Å². The Morgan fingerprint density at radius 3 is 2.80 bits per heavy atom. The summed E-state index contributed by atoms with van der Waals surface area (Å²) in [5, 5.41) is 9.38. The number of benzene rings is 1. The topological polar surface area (TPSA) is 38.7 Å². The van der Waals surface area contributed by atoms with E-state index in [0.717, 1.165) is 11.3 Å². The van der Waals surface area contributed by atoms with Gasteiger partial charge in [0, 0.05) is 6.61 Å². The molecule has 0 bridgehead atoms. The van der Waals surface area contributed by atoms with Gasteiger partial charge in [-0.1, -0.05) is 12.1 Å². The second kappa shape index (κ2) is 6.43. The van der Waals surface area contributed by atoms with Crippen molar-refractivity contribution in [3.8, 4) is 5.75 Å². The van der Waals surface area contributed by atoms with E-state index in [2.05, 4.69) is 0 Å². The Hall–Kier alpha value is -1.06. The third kappa shape index (κ3) is 4.32. The Morgan fingerprint density at radius 2 is 2.13 bits per heavy atom. The molecule has 0 amide bonds. The van der Waals surface area contributed by atoms with Gasteiger partial charge in [-0.15, -0.1) is 0 Å². The quantitative estimate of drug-likeness (QED) is 0.731. The summed E-state index contributed by atoms with van der Waals surface area (Å²) in [7, 11) is 0. The molecule has 84 valence electrons. The van der Waals surface area contributed by atoms with Crippen molar-refractivity contribution in [3.63, 3.8) is 0 Å². The van der Waals surface area contributed by atoms with Crippen molar-refractivity contribution in [2.75, 3.05) is 19.8 Å². The zero-order chi connectivity index (χ0) is 11.1. The van der Waals surface area contributed by atoms with Crippen molar-refractivity contribution in [3.05, 3.63) is 29.8 Å². The van der Waals surface area contributed by atoms with E-state index in [-0.39, 0.29) is 0 Å². The zero-order valence-electron chi connectivity index (χ0n) is 9.27. The number of ether oxygens (including phenoxy) is 2. The summed E-state index contributed by atoms with van der Waals surface area (Å²) >= 11 is 0. The summed E-state index contributed by atoms with van der Waals surface area (Å²) in [4.78, 5) is 0. The molecule has 0 saturated carbocycles. The maximum Gasteiger partial charge on any atom is 0.119 e. The number of rotatable bonds is 6. The smallest absolute Gasteiger partial charge is 0.119 e. The maximum absolute atomic E-state index is 9.38. The predicted octanol–water partition coefficient (Wildman–Crippen LogP) is 2.16. The largest absolute Gasteiger partial charge is 0.491 e. The molecule has 0 aliphatic rings. The molecule has 0 aliphatic heterocycles. The van der Waals surface area contributed by atoms with Crippen LogP contribution in [0.4, 0.5) is 0 Å². The number of hydrogen-bond donors (Lipinski definition) is 1. The van der Waals surface area contributed by atoms with Crippen molar-refractivity contribution in [1.82, 2.24) is 0 Å². The minimum absolute atomic E-state index is 0.458. The highest BCUT2D eigenvalue weighted by molar-refractivity contribution is 5.29. The van der Waals surface area contributed by atoms with Crippen LogP contribution in [0.1, 0.15) is 25.5 Å². The van der Waals surface area contributed by atoms with Gasteiger partial charge in [-0.05, 0) is 31.5 Å². The molecular weight excluding hydrogens is 192 g/mol. The standard InChI is InChI=1S/C12H18O3/c1-3-14-7-8-15-12-6-4-5-11(9-12)10(2)13/h4-6,9-10,13H,3,7-8H2,1-2H3/t10-/m1/s1. The van der Waals surface area contributed by atoms with Crippen molar-refractivity contribution in [1.29, 1.82) is 0 Å². The molecule has 0 aliphatic carbocycles. The summed E-state index contributed by atoms with van der Waals surface area (Å²) in [6.45, 7) is 5.52. The Bertz CT molecular complexity index is 284. The van der Waals surface area contributed by atoms with Crippen LogP contribution in [0, 0.1) is 0 Å². The lowest BCUT2D eigenvalue weighted by Gasteiger charge is -2.09. The minimum atomic E-state index is -0.458. The molecular formula is C12H18O3. The molecule has 0 radical (unpaired) electrons. The molecule has 1 atom stereocenters. The molecule has 3 nitrogen and oxygen atoms in total. The van der Waals surface area contributed by atoms with Crippen LogP contribution in [0.3, 0.4) is 0 Å². The van der Waals surface area contributed by atoms with Crippen LogP contribution in [-0.2, 0) is 4.74 Å². The summed E-state index contributed by atoms with van der Waals surface area (Å²) in [5.41, 5.74) is 0.865. The lowest BCUT2D eigenvalue weighted by Crippen LogP contribution is -2.06. The van der Waals surface area contributed by atoms with Crippen molar-refractivity contribution >= 4 is 0 Å². The van der Waals surface area contributed by atoms with Crippen LogP contribution in [0.15, 0.2) is 24.3 Å². The molecule has 0 heterocycles. The van der Waals surface area contributed by atoms with Crippen molar-refractivity contribution < 1.29 is 14.6 Å². The Morgan fingerprint density at radius 1 is 1.33 bits per heavy atom. The minimum Gasteiger partial charge on any atom is -0.491 e. The molecule has 1 aromatic rings. The molecule has 1 rings (SSSR count). The molecule has 0 unspecified atom stereocenters. The van der Waals surface area contributed by atoms with Gasteiger partial charge in [-0.2, -0.15) is 0 Å². The van der Waals surface area contributed by atoms with Gasteiger partial charge < -0.3 is 14.6 Å². The highest BCUT2D eigenvalue weighted by Crippen LogP contribution is 2.18. The van der Waals surface area contributed by atoms with E-state index in [0.29, 0.717) is 19.8 Å². The van der Waals surface area contributed by atoms with Crippen LogP contribution >= 0.6 is 0 Å². The molecule has 0 saturated heterocycles. The molecule has 0 fully saturated rings. The predicted molar refractivity (Wildman–Crippen MR) is 59.1 cm³/mol. The molecule has 3 heteroatoms. The number of aliphatic hydroxyl groups excluding tert-OH is 1. The lowest BCUT2D eigenvalue weighted by molar-refractivity contribution is 0.110. The van der Waals surface area contributed by atoms with Gasteiger partial charge in [0.1, 0.15) is 12.4 Å². The van der Waals surface area contributed by atoms with E-state index in [9.17, 15) is 5.11 Å². The third-order valence-electron chi connectivity index (χ3n) is 2.04. The van der Waals surface area contributed by atoms with Gasteiger partial charge in [0.25, 0.3) is 0 Å². The fraction of sp³-hybridized carbons (Fsp3) is 0.500. The Labute approximate surface area is 90.6 Å². The van der Waals surface area contributed by atoms with E-state index < -0.39 is 6.10 Å². The first-order valence-corrected chi connectivity index (χ1v) is 5.22. The van der Waals surface area contributed by atoms with Crippen LogP contribution in [0.25, 0.3) is 0 Å². The second-order valence-corrected chi connectivity index (χ2v) is 3.29. The summed E-state index contributed by atoms with van der Waals surface area (Å²) < 4.78 is 10.6. The first-order valence-electron chi connectivity index (χ1n) is 5.22. The van der Waals surface area contributed by atoms with Crippen LogP contribution in [0.5, 0.6) is 5.75 Å². The summed E-state index contributed by atoms with van der Waals surface area (Å²) in [5.74, 6) is 0.771. The first kappa shape index (κ1) is 12.0. The van der Waals surface area contributed by atoms with Gasteiger partial charge in [0.05, 0.1) is 12.7 Å². The highest BCUT2D eigenvalue weighted by Gasteiger charge is 2.01. The number of aliphatic hydroxyl groups is 1. The second-order valence-electron chi connectivity index (χ2n) is 3.29. The molecule has 0 spiro atoms. The fourth-order valence-electron chi connectivity index (χ4n) is 1.23. The van der Waals surface area contributed by atoms with Gasteiger partial charge in [-0.25, -0.2) is 0 Å². The molecule has 1 N–H and O–H groups in total. The van der Waals surface area contributed by atoms with Crippen molar-refractivity contribution in [2.45, 2.75) is 20.0 Å². The van der Waals surface area contributed by atoms with Crippen LogP contribution < -0.4 is 4.74 Å². The highest BCUT2D eigenvalue weighted by atomic mass is 16.5. The van der Waals surface area contributed by atoms with Gasteiger partial charge in [0.2, 0.25) is 0 Å². The van der Waals surface area contributed by atoms with E-state index in [1.54, 1.807) is 6.92 Å². The van der Waals surface area contributed by atoms with E-state index >= 15 is 0 Å². The van der Waals surface area contributed by atoms with Gasteiger partial charge >= 0.3 is 0 Å². The van der Waals surface area contributed by atoms with Crippen LogP contribution in [-0.4, -0.2) is 24.9 Å². The fourth-order valence-corrected chi connectivity index (χ4v) is 1.23. The first-order chi connectivity index (χ1) is 7.24.